The van der Waals surface area contributed by atoms with Gasteiger partial charge >= 0.3 is 6.03 Å². The zero-order valence-electron chi connectivity index (χ0n) is 14.4. The number of amides is 2. The van der Waals surface area contributed by atoms with Gasteiger partial charge in [0.25, 0.3) is 0 Å². The van der Waals surface area contributed by atoms with Crippen molar-refractivity contribution in [2.24, 2.45) is 0 Å². The maximum Gasteiger partial charge on any atom is 0.315 e. The summed E-state index contributed by atoms with van der Waals surface area (Å²) in [5.41, 5.74) is 1.63. The van der Waals surface area contributed by atoms with Gasteiger partial charge in [-0.15, -0.1) is 11.3 Å². The number of nitrogens with one attached hydrogen (secondary N) is 2. The van der Waals surface area contributed by atoms with Crippen molar-refractivity contribution in [3.05, 3.63) is 40.9 Å². The molecule has 0 spiro atoms. The molecule has 6 heteroatoms. The Morgan fingerprint density at radius 2 is 2.04 bits per heavy atom. The van der Waals surface area contributed by atoms with Crippen LogP contribution in [0.5, 0.6) is 0 Å². The van der Waals surface area contributed by atoms with Gasteiger partial charge in [0.15, 0.2) is 0 Å². The van der Waals surface area contributed by atoms with E-state index in [2.05, 4.69) is 15.6 Å². The van der Waals surface area contributed by atoms with Gasteiger partial charge in [0, 0.05) is 22.6 Å². The van der Waals surface area contributed by atoms with Gasteiger partial charge in [-0.05, 0) is 26.7 Å². The molecule has 0 fully saturated rings. The Kier molecular flexibility index (Phi) is 6.34. The predicted molar refractivity (Wildman–Crippen MR) is 98.1 cm³/mol. The van der Waals surface area contributed by atoms with Crippen LogP contribution in [0.25, 0.3) is 10.6 Å². The highest BCUT2D eigenvalue weighted by molar-refractivity contribution is 7.15. The van der Waals surface area contributed by atoms with Crippen molar-refractivity contribution in [1.29, 1.82) is 0 Å². The molecule has 2 aromatic rings. The van der Waals surface area contributed by atoms with E-state index in [1.807, 2.05) is 51.1 Å². The van der Waals surface area contributed by atoms with Crippen LogP contribution < -0.4 is 10.6 Å². The highest BCUT2D eigenvalue weighted by Gasteiger charge is 2.23. The van der Waals surface area contributed by atoms with E-state index in [9.17, 15) is 4.79 Å². The Hall–Kier alpha value is -1.92. The molecule has 0 aliphatic carbocycles. The van der Waals surface area contributed by atoms with Gasteiger partial charge < -0.3 is 15.7 Å². The van der Waals surface area contributed by atoms with Crippen LogP contribution in [0.2, 0.25) is 0 Å². The quantitative estimate of drug-likeness (QED) is 0.718. The molecule has 0 radical (unpaired) electrons. The van der Waals surface area contributed by atoms with Crippen LogP contribution in [0, 0.1) is 6.92 Å². The fraction of sp³-hybridized carbons (Fsp3) is 0.444. The lowest BCUT2D eigenvalue weighted by Crippen LogP contribution is -2.50. The number of benzene rings is 1. The van der Waals surface area contributed by atoms with Crippen LogP contribution in [-0.2, 0) is 6.54 Å². The molecule has 1 unspecified atom stereocenters. The molecule has 3 N–H and O–H groups in total. The number of carbonyl (C=O) groups is 1. The lowest BCUT2D eigenvalue weighted by molar-refractivity contribution is 0.201. The molecule has 1 aromatic carbocycles. The smallest absolute Gasteiger partial charge is 0.315 e. The van der Waals surface area contributed by atoms with Crippen LogP contribution in [-0.4, -0.2) is 28.3 Å². The van der Waals surface area contributed by atoms with E-state index in [1.165, 1.54) is 0 Å². The molecule has 0 bridgehead atoms. The van der Waals surface area contributed by atoms with Crippen molar-refractivity contribution in [2.45, 2.75) is 45.7 Å². The largest absolute Gasteiger partial charge is 0.396 e. The number of aryl methyl sites for hydroxylation is 1. The number of rotatable bonds is 7. The Labute approximate surface area is 147 Å². The molecule has 1 heterocycles. The number of aliphatic hydroxyl groups is 1. The minimum atomic E-state index is -0.392. The van der Waals surface area contributed by atoms with Crippen LogP contribution >= 0.6 is 11.3 Å². The fourth-order valence-corrected chi connectivity index (χ4v) is 3.36. The Bertz CT molecular complexity index is 672. The maximum absolute atomic E-state index is 12.1. The Balaban J connectivity index is 1.97. The van der Waals surface area contributed by atoms with Gasteiger partial charge in [-0.2, -0.15) is 0 Å². The highest BCUT2D eigenvalue weighted by Crippen LogP contribution is 2.27. The second-order valence-corrected chi connectivity index (χ2v) is 7.17. The first-order valence-electron chi connectivity index (χ1n) is 8.16. The van der Waals surface area contributed by atoms with Crippen molar-refractivity contribution in [1.82, 2.24) is 15.6 Å². The summed E-state index contributed by atoms with van der Waals surface area (Å²) in [6, 6.07) is 9.80. The summed E-state index contributed by atoms with van der Waals surface area (Å²) in [4.78, 5) is 17.8. The topological polar surface area (TPSA) is 74.2 Å². The van der Waals surface area contributed by atoms with Gasteiger partial charge in [-0.25, -0.2) is 9.78 Å². The third kappa shape index (κ3) is 4.79. The zero-order valence-corrected chi connectivity index (χ0v) is 15.2. The molecule has 2 amide bonds. The van der Waals surface area contributed by atoms with Gasteiger partial charge in [0.1, 0.15) is 5.01 Å². The summed E-state index contributed by atoms with van der Waals surface area (Å²) >= 11 is 1.59. The van der Waals surface area contributed by atoms with E-state index in [-0.39, 0.29) is 12.6 Å². The summed E-state index contributed by atoms with van der Waals surface area (Å²) in [6.07, 6.45) is 1.30. The second-order valence-electron chi connectivity index (χ2n) is 6.09. The SMILES string of the molecule is CCC(C)(CCO)NC(=O)NCc1sc(-c2ccccc2)nc1C. The number of urea groups is 1. The predicted octanol–water partition coefficient (Wildman–Crippen LogP) is 3.47. The molecule has 2 rings (SSSR count). The van der Waals surface area contributed by atoms with E-state index in [0.717, 1.165) is 27.6 Å². The molecule has 0 saturated heterocycles. The molecule has 1 aromatic heterocycles. The van der Waals surface area contributed by atoms with Crippen molar-refractivity contribution >= 4 is 17.4 Å². The van der Waals surface area contributed by atoms with E-state index in [0.29, 0.717) is 13.0 Å². The first-order chi connectivity index (χ1) is 11.5. The average Bonchev–Trinajstić information content (AvgIpc) is 2.95. The molecule has 0 saturated carbocycles. The van der Waals surface area contributed by atoms with Gasteiger partial charge in [0.05, 0.1) is 12.2 Å². The van der Waals surface area contributed by atoms with Gasteiger partial charge in [-0.1, -0.05) is 37.3 Å². The maximum atomic E-state index is 12.1. The lowest BCUT2D eigenvalue weighted by atomic mass is 9.95. The zero-order chi connectivity index (χ0) is 17.6. The summed E-state index contributed by atoms with van der Waals surface area (Å²) in [6.45, 7) is 6.39. The van der Waals surface area contributed by atoms with Crippen molar-refractivity contribution in [3.8, 4) is 10.6 Å². The summed E-state index contributed by atoms with van der Waals surface area (Å²) in [7, 11) is 0. The molecule has 5 nitrogen and oxygen atoms in total. The first kappa shape index (κ1) is 18.4. The monoisotopic (exact) mass is 347 g/mol. The normalized spacial score (nSPS) is 13.3. The first-order valence-corrected chi connectivity index (χ1v) is 8.97. The fourth-order valence-electron chi connectivity index (χ4n) is 2.35. The van der Waals surface area contributed by atoms with Crippen molar-refractivity contribution in [2.75, 3.05) is 6.61 Å². The molecule has 24 heavy (non-hydrogen) atoms. The molecule has 1 atom stereocenters. The number of nitrogens with zero attached hydrogens (tertiary/aromatic N) is 1. The number of hydrogen-bond donors (Lipinski definition) is 3. The number of aliphatic hydroxyl groups excluding tert-OH is 1. The second kappa shape index (κ2) is 8.26. The standard InChI is InChI=1S/C18H25N3O2S/c1-4-18(3,10-11-22)21-17(23)19-12-15-13(2)20-16(24-15)14-8-6-5-7-9-14/h5-9,22H,4,10-12H2,1-3H3,(H2,19,21,23). The Morgan fingerprint density at radius 3 is 2.67 bits per heavy atom. The van der Waals surface area contributed by atoms with Crippen LogP contribution in [0.4, 0.5) is 4.79 Å². The number of carbonyl (C=O) groups excluding carboxylic acids is 1. The molecule has 130 valence electrons. The van der Waals surface area contributed by atoms with Crippen molar-refractivity contribution in [3.63, 3.8) is 0 Å². The average molecular weight is 347 g/mol. The van der Waals surface area contributed by atoms with Crippen molar-refractivity contribution < 1.29 is 9.90 Å². The minimum Gasteiger partial charge on any atom is -0.396 e. The lowest BCUT2D eigenvalue weighted by Gasteiger charge is -2.28. The molecular formula is C18H25N3O2S. The van der Waals surface area contributed by atoms with Crippen LogP contribution in [0.15, 0.2) is 30.3 Å². The highest BCUT2D eigenvalue weighted by atomic mass is 32.1. The van der Waals surface area contributed by atoms with E-state index in [1.54, 1.807) is 11.3 Å². The van der Waals surface area contributed by atoms with E-state index < -0.39 is 5.54 Å². The van der Waals surface area contributed by atoms with Crippen LogP contribution in [0.3, 0.4) is 0 Å². The number of thiazole rings is 1. The van der Waals surface area contributed by atoms with E-state index >= 15 is 0 Å². The van der Waals surface area contributed by atoms with Crippen LogP contribution in [0.1, 0.15) is 37.3 Å². The third-order valence-corrected chi connectivity index (χ3v) is 5.39. The summed E-state index contributed by atoms with van der Waals surface area (Å²) in [5.74, 6) is 0. The third-order valence-electron chi connectivity index (χ3n) is 4.18. The van der Waals surface area contributed by atoms with E-state index in [4.69, 9.17) is 5.11 Å². The molecule has 0 aliphatic heterocycles. The number of hydrogen-bond acceptors (Lipinski definition) is 4. The summed E-state index contributed by atoms with van der Waals surface area (Å²) in [5, 5.41) is 15.9. The molecule has 0 aliphatic rings. The number of aromatic nitrogens is 1. The minimum absolute atomic E-state index is 0.0546. The summed E-state index contributed by atoms with van der Waals surface area (Å²) < 4.78 is 0. The van der Waals surface area contributed by atoms with Gasteiger partial charge in [-0.3, -0.25) is 0 Å². The van der Waals surface area contributed by atoms with Gasteiger partial charge in [0.2, 0.25) is 0 Å². The molecular weight excluding hydrogens is 322 g/mol. The Morgan fingerprint density at radius 1 is 1.33 bits per heavy atom.